The van der Waals surface area contributed by atoms with Gasteiger partial charge < -0.3 is 9.64 Å². The molecular weight excluding hydrogens is 312 g/mol. The van der Waals surface area contributed by atoms with E-state index in [0.717, 1.165) is 0 Å². The van der Waals surface area contributed by atoms with E-state index in [9.17, 15) is 13.2 Å². The molecule has 21 heavy (non-hydrogen) atoms. The second-order valence-electron chi connectivity index (χ2n) is 5.40. The van der Waals surface area contributed by atoms with Gasteiger partial charge in [0, 0.05) is 39.2 Å². The van der Waals surface area contributed by atoms with Crippen LogP contribution >= 0.6 is 11.3 Å². The highest BCUT2D eigenvalue weighted by atomic mass is 32.2. The third kappa shape index (κ3) is 2.61. The average Bonchev–Trinajstić information content (AvgIpc) is 3.15. The van der Waals surface area contributed by atoms with Gasteiger partial charge in [0.25, 0.3) is 10.0 Å². The van der Waals surface area contributed by atoms with Crippen LogP contribution in [-0.4, -0.2) is 63.4 Å². The van der Waals surface area contributed by atoms with Gasteiger partial charge in [0.15, 0.2) is 0 Å². The molecule has 0 N–H and O–H groups in total. The Hall–Kier alpha value is -0.960. The van der Waals surface area contributed by atoms with Crippen molar-refractivity contribution in [1.82, 2.24) is 9.21 Å². The Kier molecular flexibility index (Phi) is 4.04. The summed E-state index contributed by atoms with van der Waals surface area (Å²) in [7, 11) is -1.83. The molecule has 1 amide bonds. The van der Waals surface area contributed by atoms with Crippen molar-refractivity contribution in [2.45, 2.75) is 4.21 Å². The fourth-order valence-electron chi connectivity index (χ4n) is 3.04. The number of amides is 1. The number of fused-ring (bicyclic) bond motifs is 1. The zero-order chi connectivity index (χ0) is 15.0. The number of hydrogen-bond donors (Lipinski definition) is 0. The van der Waals surface area contributed by atoms with E-state index < -0.39 is 10.0 Å². The molecule has 0 saturated carbocycles. The molecule has 2 atom stereocenters. The van der Waals surface area contributed by atoms with Crippen LogP contribution in [0.1, 0.15) is 0 Å². The number of carbonyl (C=O) groups is 1. The molecule has 0 bridgehead atoms. The van der Waals surface area contributed by atoms with E-state index in [0.29, 0.717) is 37.0 Å². The van der Waals surface area contributed by atoms with Gasteiger partial charge in [-0.2, -0.15) is 4.31 Å². The summed E-state index contributed by atoms with van der Waals surface area (Å²) in [6, 6.07) is 3.34. The van der Waals surface area contributed by atoms with Gasteiger partial charge in [-0.3, -0.25) is 4.79 Å². The summed E-state index contributed by atoms with van der Waals surface area (Å²) in [5.41, 5.74) is 0. The molecule has 2 aliphatic rings. The predicted molar refractivity (Wildman–Crippen MR) is 78.5 cm³/mol. The lowest BCUT2D eigenvalue weighted by Crippen LogP contribution is -2.36. The highest BCUT2D eigenvalue weighted by Gasteiger charge is 2.49. The molecule has 8 heteroatoms. The Labute approximate surface area is 128 Å². The van der Waals surface area contributed by atoms with Gasteiger partial charge in [-0.25, -0.2) is 8.42 Å². The molecule has 2 fully saturated rings. The molecular formula is C13H18N2O4S2. The molecule has 0 unspecified atom stereocenters. The van der Waals surface area contributed by atoms with Crippen LogP contribution in [0, 0.1) is 11.8 Å². The van der Waals surface area contributed by atoms with Gasteiger partial charge in [0.1, 0.15) is 4.21 Å². The molecule has 3 rings (SSSR count). The lowest BCUT2D eigenvalue weighted by atomic mass is 10.0. The number of carbonyl (C=O) groups excluding carboxylic acids is 1. The van der Waals surface area contributed by atoms with E-state index >= 15 is 0 Å². The number of likely N-dealkylation sites (tertiary alicyclic amines) is 1. The van der Waals surface area contributed by atoms with Crippen molar-refractivity contribution in [2.24, 2.45) is 11.8 Å². The first-order valence-corrected chi connectivity index (χ1v) is 9.17. The normalized spacial score (nSPS) is 26.5. The highest BCUT2D eigenvalue weighted by molar-refractivity contribution is 7.91. The van der Waals surface area contributed by atoms with Crippen molar-refractivity contribution in [3.05, 3.63) is 17.5 Å². The van der Waals surface area contributed by atoms with Crippen LogP contribution in [-0.2, 0) is 19.6 Å². The fourth-order valence-corrected chi connectivity index (χ4v) is 5.71. The summed E-state index contributed by atoms with van der Waals surface area (Å²) in [6.07, 6.45) is 0. The first-order chi connectivity index (χ1) is 10.0. The van der Waals surface area contributed by atoms with Gasteiger partial charge in [-0.05, 0) is 11.4 Å². The summed E-state index contributed by atoms with van der Waals surface area (Å²) in [4.78, 5) is 14.1. The van der Waals surface area contributed by atoms with E-state index in [1.165, 1.54) is 15.6 Å². The van der Waals surface area contributed by atoms with Crippen molar-refractivity contribution in [3.8, 4) is 0 Å². The predicted octanol–water partition coefficient (Wildman–Crippen LogP) is 0.473. The van der Waals surface area contributed by atoms with Crippen molar-refractivity contribution in [1.29, 1.82) is 0 Å². The molecule has 2 aliphatic heterocycles. The zero-order valence-electron chi connectivity index (χ0n) is 11.8. The average molecular weight is 330 g/mol. The van der Waals surface area contributed by atoms with Crippen LogP contribution < -0.4 is 0 Å². The SMILES string of the molecule is COCCN1C[C@@H]2CN(S(=O)(=O)c3cccs3)C[C@H]2C1=O. The van der Waals surface area contributed by atoms with Gasteiger partial charge in [0.2, 0.25) is 5.91 Å². The zero-order valence-corrected chi connectivity index (χ0v) is 13.4. The van der Waals surface area contributed by atoms with Gasteiger partial charge in [-0.1, -0.05) is 6.07 Å². The molecule has 1 aromatic heterocycles. The number of ether oxygens (including phenoxy) is 1. The Morgan fingerprint density at radius 2 is 2.19 bits per heavy atom. The Morgan fingerprint density at radius 3 is 2.81 bits per heavy atom. The smallest absolute Gasteiger partial charge is 0.252 e. The van der Waals surface area contributed by atoms with E-state index in [4.69, 9.17) is 4.74 Å². The Morgan fingerprint density at radius 1 is 1.38 bits per heavy atom. The number of thiophene rings is 1. The van der Waals surface area contributed by atoms with E-state index in [1.54, 1.807) is 29.5 Å². The Balaban J connectivity index is 1.70. The minimum absolute atomic E-state index is 0.0564. The maximum absolute atomic E-state index is 12.5. The molecule has 116 valence electrons. The number of methoxy groups -OCH3 is 1. The molecule has 0 radical (unpaired) electrons. The summed E-state index contributed by atoms with van der Waals surface area (Å²) in [5.74, 6) is -0.0402. The quantitative estimate of drug-likeness (QED) is 0.787. The number of nitrogens with zero attached hydrogens (tertiary/aromatic N) is 2. The van der Waals surface area contributed by atoms with Crippen LogP contribution in [0.15, 0.2) is 21.7 Å². The molecule has 0 spiro atoms. The minimum Gasteiger partial charge on any atom is -0.383 e. The first-order valence-electron chi connectivity index (χ1n) is 6.85. The molecule has 2 saturated heterocycles. The second kappa shape index (κ2) is 5.68. The van der Waals surface area contributed by atoms with Crippen molar-refractivity contribution in [3.63, 3.8) is 0 Å². The summed E-state index contributed by atoms with van der Waals surface area (Å²) < 4.78 is 31.8. The maximum atomic E-state index is 12.5. The molecule has 1 aromatic rings. The highest BCUT2D eigenvalue weighted by Crippen LogP contribution is 2.35. The third-order valence-corrected chi connectivity index (χ3v) is 7.35. The van der Waals surface area contributed by atoms with E-state index in [1.807, 2.05) is 0 Å². The van der Waals surface area contributed by atoms with Gasteiger partial charge >= 0.3 is 0 Å². The number of rotatable bonds is 5. The fraction of sp³-hybridized carbons (Fsp3) is 0.615. The molecule has 6 nitrogen and oxygen atoms in total. The molecule has 3 heterocycles. The Bertz CT molecular complexity index is 614. The van der Waals surface area contributed by atoms with Crippen LogP contribution in [0.4, 0.5) is 0 Å². The van der Waals surface area contributed by atoms with Crippen molar-refractivity contribution < 1.29 is 17.9 Å². The monoisotopic (exact) mass is 330 g/mol. The van der Waals surface area contributed by atoms with E-state index in [-0.39, 0.29) is 17.7 Å². The van der Waals surface area contributed by atoms with Crippen LogP contribution in [0.25, 0.3) is 0 Å². The molecule has 0 aliphatic carbocycles. The summed E-state index contributed by atoms with van der Waals surface area (Å²) >= 11 is 1.22. The van der Waals surface area contributed by atoms with Gasteiger partial charge in [-0.15, -0.1) is 11.3 Å². The van der Waals surface area contributed by atoms with Gasteiger partial charge in [0.05, 0.1) is 12.5 Å². The van der Waals surface area contributed by atoms with Crippen LogP contribution in [0.2, 0.25) is 0 Å². The first kappa shape index (κ1) is 15.0. The lowest BCUT2D eigenvalue weighted by Gasteiger charge is -2.20. The number of hydrogen-bond acceptors (Lipinski definition) is 5. The van der Waals surface area contributed by atoms with Crippen molar-refractivity contribution >= 4 is 27.3 Å². The largest absolute Gasteiger partial charge is 0.383 e. The van der Waals surface area contributed by atoms with Crippen molar-refractivity contribution in [2.75, 3.05) is 39.9 Å². The van der Waals surface area contributed by atoms with Crippen LogP contribution in [0.5, 0.6) is 0 Å². The van der Waals surface area contributed by atoms with E-state index in [2.05, 4.69) is 0 Å². The van der Waals surface area contributed by atoms with Crippen LogP contribution in [0.3, 0.4) is 0 Å². The summed E-state index contributed by atoms with van der Waals surface area (Å²) in [6.45, 7) is 2.46. The lowest BCUT2D eigenvalue weighted by molar-refractivity contribution is -0.131. The topological polar surface area (TPSA) is 66.9 Å². The minimum atomic E-state index is -3.44. The second-order valence-corrected chi connectivity index (χ2v) is 8.51. The third-order valence-electron chi connectivity index (χ3n) is 4.15. The standard InChI is InChI=1S/C13H18N2O4S2/c1-19-5-4-14-7-10-8-15(9-11(10)13(14)16)21(17,18)12-3-2-6-20-12/h2-3,6,10-11H,4-5,7-9H2,1H3/t10-,11-/m1/s1. The molecule has 0 aromatic carbocycles. The maximum Gasteiger partial charge on any atom is 0.252 e. The number of sulfonamides is 1. The summed E-state index contributed by atoms with van der Waals surface area (Å²) in [5, 5.41) is 1.75.